The molecule has 0 saturated carbocycles. The largest absolute Gasteiger partial charge is 0.481 e. The summed E-state index contributed by atoms with van der Waals surface area (Å²) < 4.78 is 31.7. The Morgan fingerprint density at radius 2 is 1.91 bits per heavy atom. The van der Waals surface area contributed by atoms with Gasteiger partial charge in [0.05, 0.1) is 13.3 Å². The predicted molar refractivity (Wildman–Crippen MR) is 83.9 cm³/mol. The lowest BCUT2D eigenvalue weighted by Crippen LogP contribution is -2.35. The number of sulfonamides is 1. The minimum absolute atomic E-state index is 0.123. The first-order valence-corrected chi connectivity index (χ1v) is 8.26. The summed E-state index contributed by atoms with van der Waals surface area (Å²) in [5, 5.41) is 0. The maximum absolute atomic E-state index is 12.7. The molecule has 22 heavy (non-hydrogen) atoms. The highest BCUT2D eigenvalue weighted by atomic mass is 32.2. The normalized spacial score (nSPS) is 11.6. The molecule has 1 aromatic carbocycles. The molecule has 0 spiro atoms. The van der Waals surface area contributed by atoms with Crippen molar-refractivity contribution < 1.29 is 13.2 Å². The van der Waals surface area contributed by atoms with Crippen molar-refractivity contribution in [3.8, 4) is 5.88 Å². The number of ether oxygens (including phenoxy) is 1. The summed E-state index contributed by atoms with van der Waals surface area (Å²) in [5.74, 6) is 0.368. The number of hydrogen-bond acceptors (Lipinski definition) is 5. The van der Waals surface area contributed by atoms with Crippen molar-refractivity contribution in [1.82, 2.24) is 9.29 Å². The second-order valence-corrected chi connectivity index (χ2v) is 6.59. The number of pyridine rings is 1. The molecule has 0 unspecified atom stereocenters. The van der Waals surface area contributed by atoms with E-state index < -0.39 is 10.0 Å². The van der Waals surface area contributed by atoms with Crippen LogP contribution in [0.3, 0.4) is 0 Å². The fraction of sp³-hybridized carbons (Fsp3) is 0.267. The van der Waals surface area contributed by atoms with E-state index in [1.54, 1.807) is 0 Å². The first-order valence-electron chi connectivity index (χ1n) is 6.82. The van der Waals surface area contributed by atoms with Crippen molar-refractivity contribution in [2.45, 2.75) is 11.4 Å². The Balaban J connectivity index is 2.28. The van der Waals surface area contributed by atoms with Crippen LogP contribution in [0.2, 0.25) is 0 Å². The lowest BCUT2D eigenvalue weighted by atomic mass is 10.2. The van der Waals surface area contributed by atoms with Crippen molar-refractivity contribution in [3.63, 3.8) is 0 Å². The number of hydrogen-bond donors (Lipinski definition) is 1. The molecule has 6 nitrogen and oxygen atoms in total. The molecule has 2 aromatic rings. The van der Waals surface area contributed by atoms with Crippen LogP contribution in [0, 0.1) is 0 Å². The average molecular weight is 321 g/mol. The van der Waals surface area contributed by atoms with Crippen LogP contribution in [0.4, 0.5) is 0 Å². The number of rotatable bonds is 7. The van der Waals surface area contributed by atoms with Crippen LogP contribution in [-0.2, 0) is 16.6 Å². The third-order valence-electron chi connectivity index (χ3n) is 3.14. The van der Waals surface area contributed by atoms with E-state index in [1.165, 1.54) is 29.7 Å². The second kappa shape index (κ2) is 7.35. The first-order chi connectivity index (χ1) is 10.6. The summed E-state index contributed by atoms with van der Waals surface area (Å²) in [6, 6.07) is 12.4. The molecular formula is C15H19N3O3S. The van der Waals surface area contributed by atoms with Gasteiger partial charge in [0.25, 0.3) is 0 Å². The van der Waals surface area contributed by atoms with Crippen molar-refractivity contribution in [2.75, 3.05) is 20.2 Å². The zero-order valence-electron chi connectivity index (χ0n) is 12.3. The van der Waals surface area contributed by atoms with E-state index in [2.05, 4.69) is 4.98 Å². The van der Waals surface area contributed by atoms with Crippen molar-refractivity contribution in [2.24, 2.45) is 5.73 Å². The zero-order valence-corrected chi connectivity index (χ0v) is 13.2. The Bertz CT molecular complexity index is 688. The lowest BCUT2D eigenvalue weighted by molar-refractivity contribution is 0.395. The summed E-state index contributed by atoms with van der Waals surface area (Å²) >= 11 is 0. The molecule has 0 radical (unpaired) electrons. The van der Waals surface area contributed by atoms with Crippen molar-refractivity contribution in [1.29, 1.82) is 0 Å². The van der Waals surface area contributed by atoms with Gasteiger partial charge < -0.3 is 10.5 Å². The summed E-state index contributed by atoms with van der Waals surface area (Å²) in [7, 11) is -2.17. The van der Waals surface area contributed by atoms with E-state index >= 15 is 0 Å². The number of nitrogens with two attached hydrogens (primary N) is 1. The Hall–Kier alpha value is -1.96. The number of nitrogens with zero attached hydrogens (tertiary/aromatic N) is 2. The van der Waals surface area contributed by atoms with E-state index in [4.69, 9.17) is 10.5 Å². The predicted octanol–water partition coefficient (Wildman–Crippen LogP) is 1.24. The standard InChI is InChI=1S/C15H19N3O3S/c1-21-15-8-7-14(11-17-15)22(19,20)18(10-9-16)12-13-5-3-2-4-6-13/h2-8,11H,9-10,12,16H2,1H3. The molecule has 0 aliphatic carbocycles. The third-order valence-corrected chi connectivity index (χ3v) is 4.97. The summed E-state index contributed by atoms with van der Waals surface area (Å²) in [6.45, 7) is 0.755. The van der Waals surface area contributed by atoms with E-state index in [9.17, 15) is 8.42 Å². The molecule has 0 atom stereocenters. The molecule has 2 rings (SSSR count). The SMILES string of the molecule is COc1ccc(S(=O)(=O)N(CCN)Cc2ccccc2)cn1. The number of aromatic nitrogens is 1. The highest BCUT2D eigenvalue weighted by molar-refractivity contribution is 7.89. The Kier molecular flexibility index (Phi) is 5.48. The fourth-order valence-electron chi connectivity index (χ4n) is 2.00. The van der Waals surface area contributed by atoms with Gasteiger partial charge in [0.15, 0.2) is 0 Å². The first kappa shape index (κ1) is 16.4. The van der Waals surface area contributed by atoms with E-state index in [1.807, 2.05) is 30.3 Å². The van der Waals surface area contributed by atoms with Crippen LogP contribution < -0.4 is 10.5 Å². The summed E-state index contributed by atoms with van der Waals surface area (Å²) in [4.78, 5) is 4.08. The zero-order chi connectivity index (χ0) is 16.0. The minimum atomic E-state index is -3.65. The van der Waals surface area contributed by atoms with E-state index in [0.29, 0.717) is 5.88 Å². The quantitative estimate of drug-likeness (QED) is 0.829. The molecule has 0 aliphatic rings. The molecule has 2 N–H and O–H groups in total. The van der Waals surface area contributed by atoms with Gasteiger partial charge >= 0.3 is 0 Å². The molecular weight excluding hydrogens is 302 g/mol. The van der Waals surface area contributed by atoms with Gasteiger partial charge in [0.2, 0.25) is 15.9 Å². The molecule has 0 saturated heterocycles. The van der Waals surface area contributed by atoms with Crippen molar-refractivity contribution >= 4 is 10.0 Å². The van der Waals surface area contributed by atoms with Gasteiger partial charge in [-0.3, -0.25) is 0 Å². The monoisotopic (exact) mass is 321 g/mol. The van der Waals surface area contributed by atoms with Crippen LogP contribution in [0.5, 0.6) is 5.88 Å². The average Bonchev–Trinajstić information content (AvgIpc) is 2.55. The summed E-state index contributed by atoms with van der Waals surface area (Å²) in [5.41, 5.74) is 6.47. The lowest BCUT2D eigenvalue weighted by Gasteiger charge is -2.21. The van der Waals surface area contributed by atoms with Gasteiger partial charge in [0, 0.05) is 25.7 Å². The van der Waals surface area contributed by atoms with Gasteiger partial charge in [-0.1, -0.05) is 30.3 Å². The Morgan fingerprint density at radius 3 is 2.45 bits per heavy atom. The number of benzene rings is 1. The van der Waals surface area contributed by atoms with Crippen LogP contribution >= 0.6 is 0 Å². The minimum Gasteiger partial charge on any atom is -0.481 e. The molecule has 0 bridgehead atoms. The molecule has 7 heteroatoms. The van der Waals surface area contributed by atoms with Gasteiger partial charge in [-0.05, 0) is 11.6 Å². The summed E-state index contributed by atoms with van der Waals surface area (Å²) in [6.07, 6.45) is 1.29. The van der Waals surface area contributed by atoms with Crippen LogP contribution in [-0.4, -0.2) is 37.9 Å². The topological polar surface area (TPSA) is 85.5 Å². The molecule has 0 amide bonds. The van der Waals surface area contributed by atoms with Gasteiger partial charge in [-0.15, -0.1) is 0 Å². The Labute approximate surface area is 130 Å². The fourth-order valence-corrected chi connectivity index (χ4v) is 3.39. The van der Waals surface area contributed by atoms with Gasteiger partial charge in [-0.25, -0.2) is 13.4 Å². The molecule has 118 valence electrons. The van der Waals surface area contributed by atoms with E-state index in [0.717, 1.165) is 5.56 Å². The highest BCUT2D eigenvalue weighted by Crippen LogP contribution is 2.19. The maximum atomic E-state index is 12.7. The third kappa shape index (κ3) is 3.82. The van der Waals surface area contributed by atoms with E-state index in [-0.39, 0.29) is 24.5 Å². The van der Waals surface area contributed by atoms with Gasteiger partial charge in [-0.2, -0.15) is 4.31 Å². The Morgan fingerprint density at radius 1 is 1.18 bits per heavy atom. The second-order valence-electron chi connectivity index (χ2n) is 4.65. The van der Waals surface area contributed by atoms with Gasteiger partial charge in [0.1, 0.15) is 4.90 Å². The number of methoxy groups -OCH3 is 1. The molecule has 0 fully saturated rings. The molecule has 1 heterocycles. The smallest absolute Gasteiger partial charge is 0.244 e. The molecule has 1 aromatic heterocycles. The maximum Gasteiger partial charge on any atom is 0.244 e. The van der Waals surface area contributed by atoms with Crippen LogP contribution in [0.25, 0.3) is 0 Å². The van der Waals surface area contributed by atoms with Crippen LogP contribution in [0.1, 0.15) is 5.56 Å². The van der Waals surface area contributed by atoms with Crippen LogP contribution in [0.15, 0.2) is 53.6 Å². The highest BCUT2D eigenvalue weighted by Gasteiger charge is 2.24. The van der Waals surface area contributed by atoms with Crippen molar-refractivity contribution in [3.05, 3.63) is 54.2 Å². The molecule has 0 aliphatic heterocycles.